The minimum Gasteiger partial charge on any atom is -0.506 e. The summed E-state index contributed by atoms with van der Waals surface area (Å²) in [4.78, 5) is 11.8. The number of hydrogen-bond acceptors (Lipinski definition) is 3. The number of phenolic OH excluding ortho intramolecular Hbond substituents is 1. The Hall–Kier alpha value is -1.18. The van der Waals surface area contributed by atoms with Gasteiger partial charge in [-0.2, -0.15) is 5.10 Å². The second kappa shape index (κ2) is 7.20. The Kier molecular flexibility index (Phi) is 5.55. The number of aromatic hydroxyl groups is 1. The first kappa shape index (κ1) is 16.2. The van der Waals surface area contributed by atoms with Gasteiger partial charge in [0.05, 0.1) is 10.7 Å². The molecule has 2 aromatic carbocycles. The zero-order valence-corrected chi connectivity index (χ0v) is 15.2. The largest absolute Gasteiger partial charge is 0.506 e. The molecule has 0 fully saturated rings. The monoisotopic (exact) mass is 474 g/mol. The molecule has 2 N–H and O–H groups in total. The summed E-state index contributed by atoms with van der Waals surface area (Å²) in [7, 11) is 0. The van der Waals surface area contributed by atoms with Crippen molar-refractivity contribution < 1.29 is 9.90 Å². The maximum atomic E-state index is 11.8. The SMILES string of the molecule is O=C(N/N=C\c1cc(Br)cc(Br)c1O)c1ccc(Br)cc1. The molecule has 0 radical (unpaired) electrons. The molecule has 0 bridgehead atoms. The molecule has 1 amide bonds. The van der Waals surface area contributed by atoms with Crippen molar-refractivity contribution in [3.05, 3.63) is 60.9 Å². The van der Waals surface area contributed by atoms with E-state index in [9.17, 15) is 9.90 Å². The maximum Gasteiger partial charge on any atom is 0.271 e. The summed E-state index contributed by atoms with van der Waals surface area (Å²) < 4.78 is 2.22. The third kappa shape index (κ3) is 4.39. The zero-order chi connectivity index (χ0) is 15.4. The van der Waals surface area contributed by atoms with E-state index in [1.54, 1.807) is 36.4 Å². The van der Waals surface area contributed by atoms with Crippen LogP contribution in [-0.4, -0.2) is 17.2 Å². The first-order valence-corrected chi connectivity index (χ1v) is 8.12. The van der Waals surface area contributed by atoms with Crippen LogP contribution in [0.5, 0.6) is 5.75 Å². The third-order valence-electron chi connectivity index (χ3n) is 2.53. The fraction of sp³-hybridized carbons (Fsp3) is 0. The van der Waals surface area contributed by atoms with Crippen LogP contribution in [0, 0.1) is 0 Å². The predicted octanol–water partition coefficient (Wildman–Crippen LogP) is 4.44. The molecule has 0 heterocycles. The molecule has 0 aliphatic rings. The summed E-state index contributed by atoms with van der Waals surface area (Å²) in [6, 6.07) is 10.3. The molecular weight excluding hydrogens is 468 g/mol. The smallest absolute Gasteiger partial charge is 0.271 e. The number of halogens is 3. The highest BCUT2D eigenvalue weighted by Gasteiger charge is 2.06. The lowest BCUT2D eigenvalue weighted by Crippen LogP contribution is -2.17. The molecule has 2 rings (SSSR count). The lowest BCUT2D eigenvalue weighted by Gasteiger charge is -2.03. The van der Waals surface area contributed by atoms with Crippen molar-refractivity contribution in [3.8, 4) is 5.75 Å². The molecule has 0 spiro atoms. The van der Waals surface area contributed by atoms with Crippen molar-refractivity contribution in [2.45, 2.75) is 0 Å². The Morgan fingerprint density at radius 2 is 1.76 bits per heavy atom. The second-order valence-electron chi connectivity index (χ2n) is 4.03. The number of nitrogens with one attached hydrogen (secondary N) is 1. The molecule has 2 aromatic rings. The predicted molar refractivity (Wildman–Crippen MR) is 92.7 cm³/mol. The van der Waals surface area contributed by atoms with Gasteiger partial charge in [0, 0.05) is 20.1 Å². The van der Waals surface area contributed by atoms with E-state index in [-0.39, 0.29) is 11.7 Å². The lowest BCUT2D eigenvalue weighted by molar-refractivity contribution is 0.0955. The average molecular weight is 477 g/mol. The van der Waals surface area contributed by atoms with Crippen molar-refractivity contribution in [2.75, 3.05) is 0 Å². The highest BCUT2D eigenvalue weighted by Crippen LogP contribution is 2.30. The Bertz CT molecular complexity index is 700. The molecule has 0 atom stereocenters. The van der Waals surface area contributed by atoms with Crippen molar-refractivity contribution >= 4 is 59.9 Å². The normalized spacial score (nSPS) is 10.8. The van der Waals surface area contributed by atoms with Crippen molar-refractivity contribution in [2.24, 2.45) is 5.10 Å². The Balaban J connectivity index is 2.09. The minimum atomic E-state index is -0.327. The van der Waals surface area contributed by atoms with Gasteiger partial charge in [0.15, 0.2) is 0 Å². The number of hydrogen-bond donors (Lipinski definition) is 2. The Morgan fingerprint density at radius 3 is 2.43 bits per heavy atom. The summed E-state index contributed by atoms with van der Waals surface area (Å²) in [5, 5.41) is 13.7. The number of hydrazone groups is 1. The van der Waals surface area contributed by atoms with E-state index in [2.05, 4.69) is 58.3 Å². The number of nitrogens with zero attached hydrogens (tertiary/aromatic N) is 1. The molecule has 4 nitrogen and oxygen atoms in total. The van der Waals surface area contributed by atoms with Gasteiger partial charge in [-0.3, -0.25) is 4.79 Å². The Morgan fingerprint density at radius 1 is 1.10 bits per heavy atom. The highest BCUT2D eigenvalue weighted by molar-refractivity contribution is 9.11. The van der Waals surface area contributed by atoms with Gasteiger partial charge in [-0.1, -0.05) is 31.9 Å². The van der Waals surface area contributed by atoms with Crippen LogP contribution in [0.2, 0.25) is 0 Å². The van der Waals surface area contributed by atoms with E-state index in [4.69, 9.17) is 0 Å². The van der Waals surface area contributed by atoms with Crippen LogP contribution in [-0.2, 0) is 0 Å². The number of carbonyl (C=O) groups excluding carboxylic acids is 1. The minimum absolute atomic E-state index is 0.0554. The van der Waals surface area contributed by atoms with E-state index in [1.807, 2.05) is 0 Å². The molecule has 21 heavy (non-hydrogen) atoms. The van der Waals surface area contributed by atoms with E-state index >= 15 is 0 Å². The van der Waals surface area contributed by atoms with Gasteiger partial charge < -0.3 is 5.11 Å². The van der Waals surface area contributed by atoms with Gasteiger partial charge >= 0.3 is 0 Å². The van der Waals surface area contributed by atoms with E-state index < -0.39 is 0 Å². The topological polar surface area (TPSA) is 61.7 Å². The number of amides is 1. The highest BCUT2D eigenvalue weighted by atomic mass is 79.9. The summed E-state index contributed by atoms with van der Waals surface area (Å²) >= 11 is 9.85. The molecular formula is C14H9Br3N2O2. The number of rotatable bonds is 3. The molecule has 0 aromatic heterocycles. The van der Waals surface area contributed by atoms with Crippen LogP contribution in [0.25, 0.3) is 0 Å². The summed E-state index contributed by atoms with van der Waals surface area (Å²) in [5.41, 5.74) is 3.38. The van der Waals surface area contributed by atoms with Gasteiger partial charge in [0.2, 0.25) is 0 Å². The fourth-order valence-electron chi connectivity index (χ4n) is 1.51. The first-order chi connectivity index (χ1) is 9.97. The van der Waals surface area contributed by atoms with Gasteiger partial charge in [0.1, 0.15) is 5.75 Å². The number of phenols is 1. The standard InChI is InChI=1S/C14H9Br3N2O2/c15-10-3-1-8(2-4-10)14(21)19-18-7-9-5-11(16)6-12(17)13(9)20/h1-7,20H,(H,19,21)/b18-7-. The average Bonchev–Trinajstić information content (AvgIpc) is 2.44. The van der Waals surface area contributed by atoms with Gasteiger partial charge in [-0.05, 0) is 52.3 Å². The van der Waals surface area contributed by atoms with Crippen molar-refractivity contribution in [1.82, 2.24) is 5.43 Å². The van der Waals surface area contributed by atoms with Crippen LogP contribution < -0.4 is 5.43 Å². The van der Waals surface area contributed by atoms with Crippen molar-refractivity contribution in [1.29, 1.82) is 0 Å². The maximum absolute atomic E-state index is 11.8. The van der Waals surface area contributed by atoms with Crippen LogP contribution in [0.1, 0.15) is 15.9 Å². The molecule has 0 aliphatic heterocycles. The van der Waals surface area contributed by atoms with Gasteiger partial charge in [-0.15, -0.1) is 0 Å². The van der Waals surface area contributed by atoms with Crippen molar-refractivity contribution in [3.63, 3.8) is 0 Å². The van der Waals surface area contributed by atoms with Crippen LogP contribution in [0.4, 0.5) is 0 Å². The van der Waals surface area contributed by atoms with Gasteiger partial charge in [-0.25, -0.2) is 5.43 Å². The van der Waals surface area contributed by atoms with E-state index in [0.717, 1.165) is 8.95 Å². The van der Waals surface area contributed by atoms with Crippen LogP contribution in [0.15, 0.2) is 54.9 Å². The van der Waals surface area contributed by atoms with Crippen LogP contribution in [0.3, 0.4) is 0 Å². The summed E-state index contributed by atoms with van der Waals surface area (Å²) in [6.45, 7) is 0. The number of benzene rings is 2. The quantitative estimate of drug-likeness (QED) is 0.508. The first-order valence-electron chi connectivity index (χ1n) is 5.74. The Labute approximate surface area is 146 Å². The second-order valence-corrected chi connectivity index (χ2v) is 6.72. The van der Waals surface area contributed by atoms with E-state index in [0.29, 0.717) is 15.6 Å². The zero-order valence-electron chi connectivity index (χ0n) is 10.5. The lowest BCUT2D eigenvalue weighted by atomic mass is 10.2. The van der Waals surface area contributed by atoms with Gasteiger partial charge in [0.25, 0.3) is 5.91 Å². The molecule has 7 heteroatoms. The molecule has 0 saturated carbocycles. The third-order valence-corrected chi connectivity index (χ3v) is 4.12. The molecule has 108 valence electrons. The van der Waals surface area contributed by atoms with E-state index in [1.165, 1.54) is 6.21 Å². The number of carbonyl (C=O) groups is 1. The fourth-order valence-corrected chi connectivity index (χ4v) is 3.03. The molecule has 0 unspecified atom stereocenters. The summed E-state index contributed by atoms with van der Waals surface area (Å²) in [5.74, 6) is -0.271. The molecule has 0 aliphatic carbocycles. The van der Waals surface area contributed by atoms with Crippen LogP contribution >= 0.6 is 47.8 Å². The summed E-state index contributed by atoms with van der Waals surface area (Å²) in [6.07, 6.45) is 1.38. The molecule has 0 saturated heterocycles.